The summed E-state index contributed by atoms with van der Waals surface area (Å²) >= 11 is 0. The molecule has 2 rings (SSSR count). The van der Waals surface area contributed by atoms with Crippen LogP contribution in [0.2, 0.25) is 0 Å². The molecule has 2 heterocycles. The van der Waals surface area contributed by atoms with Gasteiger partial charge in [-0.3, -0.25) is 9.78 Å². The van der Waals surface area contributed by atoms with Crippen molar-refractivity contribution in [1.82, 2.24) is 25.4 Å². The highest BCUT2D eigenvalue weighted by molar-refractivity contribution is 5.92. The van der Waals surface area contributed by atoms with Crippen LogP contribution in [0.4, 0.5) is 0 Å². The summed E-state index contributed by atoms with van der Waals surface area (Å²) in [4.78, 5) is 25.6. The van der Waals surface area contributed by atoms with Crippen LogP contribution in [-0.4, -0.2) is 32.1 Å². The lowest BCUT2D eigenvalue weighted by atomic mass is 10.4. The molecular weight excluding hydrogens is 208 g/mol. The van der Waals surface area contributed by atoms with E-state index in [0.717, 1.165) is 0 Å². The summed E-state index contributed by atoms with van der Waals surface area (Å²) in [6.45, 7) is 0. The number of rotatable bonds is 3. The fraction of sp³-hybridized carbons (Fsp3) is 0. The van der Waals surface area contributed by atoms with E-state index in [-0.39, 0.29) is 5.69 Å². The zero-order valence-corrected chi connectivity index (χ0v) is 8.16. The predicted molar refractivity (Wildman–Crippen MR) is 55.7 cm³/mol. The number of hydrazone groups is 1. The van der Waals surface area contributed by atoms with Crippen LogP contribution in [-0.2, 0) is 0 Å². The summed E-state index contributed by atoms with van der Waals surface area (Å²) in [7, 11) is 0. The number of carbonyl (C=O) groups excluding carboxylic acids is 1. The first-order valence-corrected chi connectivity index (χ1v) is 4.44. The lowest BCUT2D eigenvalue weighted by Gasteiger charge is -1.96. The van der Waals surface area contributed by atoms with Crippen molar-refractivity contribution < 1.29 is 4.79 Å². The van der Waals surface area contributed by atoms with E-state index in [0.29, 0.717) is 5.69 Å². The van der Waals surface area contributed by atoms with Crippen molar-refractivity contribution in [1.29, 1.82) is 0 Å². The number of nitrogens with zero attached hydrogens (tertiary/aromatic N) is 4. The van der Waals surface area contributed by atoms with Crippen LogP contribution < -0.4 is 5.43 Å². The standard InChI is InChI=1S/C9H8N6O/c16-9(8-5-10-1-2-12-8)15-14-4-7-3-11-6-13-7/h1-6H,(H,11,13)(H,15,16)/b14-4+. The van der Waals surface area contributed by atoms with Crippen LogP contribution >= 0.6 is 0 Å². The maximum Gasteiger partial charge on any atom is 0.291 e. The van der Waals surface area contributed by atoms with Crippen molar-refractivity contribution >= 4 is 12.1 Å². The highest BCUT2D eigenvalue weighted by atomic mass is 16.2. The lowest BCUT2D eigenvalue weighted by molar-refractivity contribution is 0.0950. The van der Waals surface area contributed by atoms with Gasteiger partial charge in [-0.1, -0.05) is 0 Å². The average Bonchev–Trinajstić information content (AvgIpc) is 2.83. The minimum absolute atomic E-state index is 0.212. The molecule has 16 heavy (non-hydrogen) atoms. The summed E-state index contributed by atoms with van der Waals surface area (Å²) in [6, 6.07) is 0. The monoisotopic (exact) mass is 216 g/mol. The second-order valence-corrected chi connectivity index (χ2v) is 2.80. The number of amides is 1. The smallest absolute Gasteiger partial charge is 0.291 e. The number of aromatic amines is 1. The minimum Gasteiger partial charge on any atom is -0.344 e. The van der Waals surface area contributed by atoms with E-state index in [1.807, 2.05) is 0 Å². The van der Waals surface area contributed by atoms with Gasteiger partial charge in [0, 0.05) is 12.4 Å². The molecule has 0 bridgehead atoms. The third-order valence-corrected chi connectivity index (χ3v) is 1.68. The fourth-order valence-electron chi connectivity index (χ4n) is 0.971. The molecule has 0 aromatic carbocycles. The normalized spacial score (nSPS) is 10.5. The second-order valence-electron chi connectivity index (χ2n) is 2.80. The van der Waals surface area contributed by atoms with Gasteiger partial charge in [0.25, 0.3) is 5.91 Å². The Morgan fingerprint density at radius 3 is 3.00 bits per heavy atom. The van der Waals surface area contributed by atoms with E-state index >= 15 is 0 Å². The largest absolute Gasteiger partial charge is 0.344 e. The van der Waals surface area contributed by atoms with Gasteiger partial charge < -0.3 is 4.98 Å². The number of hydrogen-bond acceptors (Lipinski definition) is 5. The van der Waals surface area contributed by atoms with Gasteiger partial charge >= 0.3 is 0 Å². The summed E-state index contributed by atoms with van der Waals surface area (Å²) in [5.41, 5.74) is 3.22. The molecule has 7 nitrogen and oxygen atoms in total. The van der Waals surface area contributed by atoms with Gasteiger partial charge in [0.1, 0.15) is 5.69 Å². The second kappa shape index (κ2) is 4.78. The Balaban J connectivity index is 1.94. The molecule has 0 radical (unpaired) electrons. The minimum atomic E-state index is -0.413. The average molecular weight is 216 g/mol. The van der Waals surface area contributed by atoms with Gasteiger partial charge in [0.15, 0.2) is 0 Å². The molecule has 0 aliphatic carbocycles. The highest BCUT2D eigenvalue weighted by Gasteiger charge is 2.04. The van der Waals surface area contributed by atoms with Gasteiger partial charge in [-0.15, -0.1) is 0 Å². The van der Waals surface area contributed by atoms with Crippen LogP contribution in [0.25, 0.3) is 0 Å². The zero-order valence-electron chi connectivity index (χ0n) is 8.16. The molecule has 0 saturated carbocycles. The Morgan fingerprint density at radius 1 is 1.38 bits per heavy atom. The molecule has 0 unspecified atom stereocenters. The van der Waals surface area contributed by atoms with Crippen molar-refractivity contribution in [2.24, 2.45) is 5.10 Å². The fourth-order valence-corrected chi connectivity index (χ4v) is 0.971. The third-order valence-electron chi connectivity index (χ3n) is 1.68. The molecule has 0 atom stereocenters. The van der Waals surface area contributed by atoms with E-state index in [9.17, 15) is 4.79 Å². The van der Waals surface area contributed by atoms with E-state index in [1.54, 1.807) is 6.20 Å². The predicted octanol–water partition coefficient (Wildman–Crippen LogP) is -0.0364. The van der Waals surface area contributed by atoms with Crippen molar-refractivity contribution in [2.75, 3.05) is 0 Å². The van der Waals surface area contributed by atoms with Crippen LogP contribution in [0.3, 0.4) is 0 Å². The summed E-state index contributed by atoms with van der Waals surface area (Å²) in [5, 5.41) is 3.73. The van der Waals surface area contributed by atoms with Gasteiger partial charge in [-0.25, -0.2) is 15.4 Å². The molecule has 0 fully saturated rings. The van der Waals surface area contributed by atoms with E-state index < -0.39 is 5.91 Å². The molecule has 2 aromatic rings. The molecule has 0 spiro atoms. The van der Waals surface area contributed by atoms with Crippen LogP contribution in [0.5, 0.6) is 0 Å². The number of carbonyl (C=O) groups is 1. The molecule has 0 aliphatic rings. The van der Waals surface area contributed by atoms with E-state index in [2.05, 4.69) is 30.5 Å². The van der Waals surface area contributed by atoms with Crippen LogP contribution in [0.1, 0.15) is 16.2 Å². The first kappa shape index (κ1) is 9.97. The Bertz CT molecular complexity index is 478. The first-order valence-electron chi connectivity index (χ1n) is 4.44. The quantitative estimate of drug-likeness (QED) is 0.556. The molecule has 1 amide bonds. The third kappa shape index (κ3) is 2.47. The lowest BCUT2D eigenvalue weighted by Crippen LogP contribution is -2.19. The number of nitrogens with one attached hydrogen (secondary N) is 2. The first-order chi connectivity index (χ1) is 7.86. The van der Waals surface area contributed by atoms with Gasteiger partial charge in [-0.05, 0) is 0 Å². The van der Waals surface area contributed by atoms with Gasteiger partial charge in [0.05, 0.1) is 30.6 Å². The van der Waals surface area contributed by atoms with Crippen molar-refractivity contribution in [3.8, 4) is 0 Å². The number of imidazole rings is 1. The van der Waals surface area contributed by atoms with E-state index in [4.69, 9.17) is 0 Å². The summed E-state index contributed by atoms with van der Waals surface area (Å²) < 4.78 is 0. The van der Waals surface area contributed by atoms with E-state index in [1.165, 1.54) is 31.1 Å². The Labute approximate surface area is 90.7 Å². The molecule has 0 saturated heterocycles. The maximum atomic E-state index is 11.4. The number of hydrogen-bond donors (Lipinski definition) is 2. The molecule has 0 aliphatic heterocycles. The Morgan fingerprint density at radius 2 is 2.31 bits per heavy atom. The topological polar surface area (TPSA) is 95.9 Å². The Hall–Kier alpha value is -2.57. The maximum absolute atomic E-state index is 11.4. The number of aromatic nitrogens is 4. The van der Waals surface area contributed by atoms with Crippen LogP contribution in [0.15, 0.2) is 36.2 Å². The molecule has 7 heteroatoms. The molecule has 2 aromatic heterocycles. The zero-order chi connectivity index (χ0) is 11.2. The summed E-state index contributed by atoms with van der Waals surface area (Å²) in [6.07, 6.45) is 8.84. The molecule has 2 N–H and O–H groups in total. The summed E-state index contributed by atoms with van der Waals surface area (Å²) in [5.74, 6) is -0.413. The van der Waals surface area contributed by atoms with Crippen molar-refractivity contribution in [2.45, 2.75) is 0 Å². The Kier molecular flexibility index (Phi) is 2.98. The number of H-pyrrole nitrogens is 1. The van der Waals surface area contributed by atoms with Gasteiger partial charge in [0.2, 0.25) is 0 Å². The highest BCUT2D eigenvalue weighted by Crippen LogP contribution is 1.89. The SMILES string of the molecule is O=C(N/N=C/c1cnc[nH]1)c1cnccn1. The van der Waals surface area contributed by atoms with Crippen molar-refractivity contribution in [3.63, 3.8) is 0 Å². The van der Waals surface area contributed by atoms with Crippen LogP contribution in [0, 0.1) is 0 Å². The molecule has 80 valence electrons. The van der Waals surface area contributed by atoms with Gasteiger partial charge in [-0.2, -0.15) is 5.10 Å². The molecular formula is C9H8N6O. The van der Waals surface area contributed by atoms with Crippen molar-refractivity contribution in [3.05, 3.63) is 42.5 Å².